The molecule has 14 heavy (non-hydrogen) atoms. The molecule has 0 saturated heterocycles. The molecule has 5 nitrogen and oxygen atoms in total. The van der Waals surface area contributed by atoms with E-state index in [1.165, 1.54) is 0 Å². The maximum Gasteiger partial charge on any atom is 0.174 e. The van der Waals surface area contributed by atoms with Crippen molar-refractivity contribution in [1.82, 2.24) is 19.7 Å². The zero-order valence-electron chi connectivity index (χ0n) is 8.10. The van der Waals surface area contributed by atoms with E-state index in [1.807, 2.05) is 13.8 Å². The van der Waals surface area contributed by atoms with Gasteiger partial charge in [0.1, 0.15) is 0 Å². The fraction of sp³-hybridized carbons (Fsp3) is 0.222. The number of rotatable bonds is 1. The van der Waals surface area contributed by atoms with Gasteiger partial charge in [-0.15, -0.1) is 0 Å². The van der Waals surface area contributed by atoms with Crippen LogP contribution in [0.5, 0.6) is 0 Å². The number of aromatic nitrogens is 4. The van der Waals surface area contributed by atoms with E-state index in [4.69, 9.17) is 5.73 Å². The van der Waals surface area contributed by atoms with Crippen LogP contribution in [0.3, 0.4) is 0 Å². The van der Waals surface area contributed by atoms with E-state index in [1.54, 1.807) is 23.3 Å². The second-order valence-corrected chi connectivity index (χ2v) is 3.08. The molecule has 0 spiro atoms. The smallest absolute Gasteiger partial charge is 0.174 e. The molecule has 0 saturated carbocycles. The van der Waals surface area contributed by atoms with Crippen molar-refractivity contribution in [3.05, 3.63) is 30.0 Å². The van der Waals surface area contributed by atoms with E-state index in [-0.39, 0.29) is 0 Å². The summed E-state index contributed by atoms with van der Waals surface area (Å²) in [5.74, 6) is 0.715. The van der Waals surface area contributed by atoms with Crippen LogP contribution in [-0.4, -0.2) is 19.7 Å². The predicted molar refractivity (Wildman–Crippen MR) is 53.0 cm³/mol. The molecule has 0 radical (unpaired) electrons. The molecule has 0 fully saturated rings. The summed E-state index contributed by atoms with van der Waals surface area (Å²) in [6.45, 7) is 3.74. The molecule has 2 aromatic rings. The molecule has 72 valence electrons. The highest BCUT2D eigenvalue weighted by Gasteiger charge is 2.06. The first-order valence-electron chi connectivity index (χ1n) is 4.28. The number of anilines is 1. The van der Waals surface area contributed by atoms with E-state index in [0.29, 0.717) is 11.5 Å². The van der Waals surface area contributed by atoms with Crippen LogP contribution in [0, 0.1) is 13.8 Å². The first-order chi connectivity index (χ1) is 6.68. The summed E-state index contributed by atoms with van der Waals surface area (Å²) >= 11 is 0. The van der Waals surface area contributed by atoms with Crippen molar-refractivity contribution in [2.75, 3.05) is 5.73 Å². The monoisotopic (exact) mass is 189 g/mol. The molecule has 0 atom stereocenters. The van der Waals surface area contributed by atoms with Crippen LogP contribution in [-0.2, 0) is 0 Å². The number of hydrogen-bond donors (Lipinski definition) is 1. The summed E-state index contributed by atoms with van der Waals surface area (Å²) in [4.78, 5) is 8.32. The Labute approximate surface area is 81.6 Å². The Morgan fingerprint density at radius 2 is 1.86 bits per heavy atom. The van der Waals surface area contributed by atoms with Gasteiger partial charge in [0, 0.05) is 12.4 Å². The van der Waals surface area contributed by atoms with Crippen molar-refractivity contribution in [3.63, 3.8) is 0 Å². The lowest BCUT2D eigenvalue weighted by atomic mass is 10.4. The van der Waals surface area contributed by atoms with Crippen LogP contribution >= 0.6 is 0 Å². The molecule has 0 amide bonds. The van der Waals surface area contributed by atoms with Crippen molar-refractivity contribution in [2.45, 2.75) is 13.8 Å². The summed E-state index contributed by atoms with van der Waals surface area (Å²) in [6.07, 6.45) is 5.03. The molecular formula is C9H11N5. The van der Waals surface area contributed by atoms with Gasteiger partial charge in [-0.2, -0.15) is 5.10 Å². The Balaban J connectivity index is 2.55. The fourth-order valence-corrected chi connectivity index (χ4v) is 1.21. The Hall–Kier alpha value is -1.91. The molecule has 2 heterocycles. The second-order valence-electron chi connectivity index (χ2n) is 3.08. The van der Waals surface area contributed by atoms with E-state index < -0.39 is 0 Å². The van der Waals surface area contributed by atoms with Crippen molar-refractivity contribution in [1.29, 1.82) is 0 Å². The van der Waals surface area contributed by atoms with Gasteiger partial charge in [0.05, 0.1) is 23.3 Å². The molecule has 0 unspecified atom stereocenters. The molecule has 2 rings (SSSR count). The van der Waals surface area contributed by atoms with Gasteiger partial charge in [-0.25, -0.2) is 9.67 Å². The van der Waals surface area contributed by atoms with E-state index >= 15 is 0 Å². The minimum absolute atomic E-state index is 0.662. The van der Waals surface area contributed by atoms with Gasteiger partial charge in [-0.1, -0.05) is 0 Å². The summed E-state index contributed by atoms with van der Waals surface area (Å²) in [6, 6.07) is 0. The third-order valence-corrected chi connectivity index (χ3v) is 2.01. The van der Waals surface area contributed by atoms with Crippen LogP contribution in [0.4, 0.5) is 5.69 Å². The largest absolute Gasteiger partial charge is 0.396 e. The first kappa shape index (κ1) is 8.68. The Bertz CT molecular complexity index is 440. The standard InChI is InChI=1S/C9H11N5/c1-6-8(10)5-14(13-6)9-7(2)11-3-4-12-9/h3-5H,10H2,1-2H3. The molecule has 0 aromatic carbocycles. The molecule has 0 aliphatic rings. The van der Waals surface area contributed by atoms with Crippen LogP contribution in [0.2, 0.25) is 0 Å². The lowest BCUT2D eigenvalue weighted by molar-refractivity contribution is 0.812. The van der Waals surface area contributed by atoms with Crippen LogP contribution in [0.25, 0.3) is 5.82 Å². The molecular weight excluding hydrogens is 178 g/mol. The maximum atomic E-state index is 5.70. The van der Waals surface area contributed by atoms with Crippen LogP contribution in [0.15, 0.2) is 18.6 Å². The molecule has 5 heteroatoms. The molecule has 0 bridgehead atoms. The van der Waals surface area contributed by atoms with Crippen LogP contribution < -0.4 is 5.73 Å². The highest BCUT2D eigenvalue weighted by molar-refractivity contribution is 5.42. The average molecular weight is 189 g/mol. The van der Waals surface area contributed by atoms with Gasteiger partial charge in [0.25, 0.3) is 0 Å². The zero-order chi connectivity index (χ0) is 10.1. The highest BCUT2D eigenvalue weighted by atomic mass is 15.3. The third kappa shape index (κ3) is 1.32. The Morgan fingerprint density at radius 3 is 2.43 bits per heavy atom. The van der Waals surface area contributed by atoms with Gasteiger partial charge in [-0.3, -0.25) is 4.98 Å². The van der Waals surface area contributed by atoms with E-state index in [9.17, 15) is 0 Å². The van der Waals surface area contributed by atoms with Gasteiger partial charge in [0.2, 0.25) is 0 Å². The number of nitrogen functional groups attached to an aromatic ring is 1. The van der Waals surface area contributed by atoms with Gasteiger partial charge in [-0.05, 0) is 13.8 Å². The third-order valence-electron chi connectivity index (χ3n) is 2.01. The number of hydrogen-bond acceptors (Lipinski definition) is 4. The second kappa shape index (κ2) is 3.10. The number of nitrogens with zero attached hydrogens (tertiary/aromatic N) is 4. The van der Waals surface area contributed by atoms with Gasteiger partial charge < -0.3 is 5.73 Å². The number of nitrogens with two attached hydrogens (primary N) is 1. The fourth-order valence-electron chi connectivity index (χ4n) is 1.21. The molecule has 2 aromatic heterocycles. The summed E-state index contributed by atoms with van der Waals surface area (Å²) in [5, 5.41) is 4.23. The van der Waals surface area contributed by atoms with Gasteiger partial charge in [0.15, 0.2) is 5.82 Å². The Kier molecular flexibility index (Phi) is 1.92. The van der Waals surface area contributed by atoms with Crippen molar-refractivity contribution >= 4 is 5.69 Å². The normalized spacial score (nSPS) is 10.4. The maximum absolute atomic E-state index is 5.70. The van der Waals surface area contributed by atoms with Gasteiger partial charge >= 0.3 is 0 Å². The predicted octanol–water partition coefficient (Wildman–Crippen LogP) is 0.861. The minimum atomic E-state index is 0.662. The first-order valence-corrected chi connectivity index (χ1v) is 4.28. The SMILES string of the molecule is Cc1nn(-c2nccnc2C)cc1N. The summed E-state index contributed by atoms with van der Waals surface area (Å²) in [5.41, 5.74) is 7.99. The quantitative estimate of drug-likeness (QED) is 0.722. The average Bonchev–Trinajstić information content (AvgIpc) is 2.48. The minimum Gasteiger partial charge on any atom is -0.396 e. The van der Waals surface area contributed by atoms with E-state index in [0.717, 1.165) is 11.4 Å². The molecule has 0 aliphatic heterocycles. The topological polar surface area (TPSA) is 69.6 Å². The zero-order valence-corrected chi connectivity index (χ0v) is 8.10. The molecule has 0 aliphatic carbocycles. The van der Waals surface area contributed by atoms with E-state index in [2.05, 4.69) is 15.1 Å². The van der Waals surface area contributed by atoms with Crippen molar-refractivity contribution in [2.24, 2.45) is 0 Å². The Morgan fingerprint density at radius 1 is 1.14 bits per heavy atom. The summed E-state index contributed by atoms with van der Waals surface area (Å²) < 4.78 is 1.65. The highest BCUT2D eigenvalue weighted by Crippen LogP contribution is 2.12. The lowest BCUT2D eigenvalue weighted by Gasteiger charge is -2.01. The molecule has 2 N–H and O–H groups in total. The van der Waals surface area contributed by atoms with Crippen molar-refractivity contribution in [3.8, 4) is 5.82 Å². The summed E-state index contributed by atoms with van der Waals surface area (Å²) in [7, 11) is 0. The lowest BCUT2D eigenvalue weighted by Crippen LogP contribution is -2.02. The van der Waals surface area contributed by atoms with Crippen LogP contribution in [0.1, 0.15) is 11.4 Å². The number of aryl methyl sites for hydroxylation is 2. The van der Waals surface area contributed by atoms with Crippen molar-refractivity contribution < 1.29 is 0 Å².